The van der Waals surface area contributed by atoms with E-state index in [-0.39, 0.29) is 16.2 Å². The van der Waals surface area contributed by atoms with Gasteiger partial charge in [0.05, 0.1) is 6.10 Å². The molecular weight excluding hydrogens is 380 g/mol. The van der Waals surface area contributed by atoms with Gasteiger partial charge in [-0.2, -0.15) is 0 Å². The Morgan fingerprint density at radius 3 is 1.82 bits per heavy atom. The lowest BCUT2D eigenvalue weighted by Crippen LogP contribution is -2.44. The summed E-state index contributed by atoms with van der Waals surface area (Å²) in [5.74, 6) is 0.956. The zero-order chi connectivity index (χ0) is 21.8. The van der Waals surface area contributed by atoms with Crippen molar-refractivity contribution in [2.75, 3.05) is 0 Å². The molecule has 0 saturated heterocycles. The van der Waals surface area contributed by atoms with Gasteiger partial charge in [0.1, 0.15) is 12.0 Å². The van der Waals surface area contributed by atoms with E-state index in [2.05, 4.69) is 92.0 Å². The molecule has 0 aromatic heterocycles. The van der Waals surface area contributed by atoms with Crippen LogP contribution in [0.4, 0.5) is 0 Å². The highest BCUT2D eigenvalue weighted by Gasteiger charge is 2.39. The molecule has 0 bridgehead atoms. The first-order valence-electron chi connectivity index (χ1n) is 10.5. The summed E-state index contributed by atoms with van der Waals surface area (Å²) in [7, 11) is -3.68. The lowest BCUT2D eigenvalue weighted by atomic mass is 10.1. The maximum absolute atomic E-state index is 11.1. The number of benzene rings is 1. The smallest absolute Gasteiger partial charge is 0.250 e. The fraction of sp³-hybridized carbons (Fsp3) is 0.696. The van der Waals surface area contributed by atoms with Gasteiger partial charge < -0.3 is 13.6 Å². The molecule has 28 heavy (non-hydrogen) atoms. The molecule has 0 unspecified atom stereocenters. The Labute approximate surface area is 175 Å². The molecule has 0 amide bonds. The molecule has 1 aromatic rings. The molecule has 1 aromatic carbocycles. The molecule has 1 atom stereocenters. The number of aldehydes is 1. The molecule has 1 rings (SSSR count). The van der Waals surface area contributed by atoms with Crippen molar-refractivity contribution in [3.63, 3.8) is 0 Å². The topological polar surface area (TPSA) is 35.5 Å². The summed E-state index contributed by atoms with van der Waals surface area (Å²) in [4.78, 5) is 11.1. The predicted octanol–water partition coefficient (Wildman–Crippen LogP) is 6.98. The summed E-state index contributed by atoms with van der Waals surface area (Å²) in [6, 6.07) is 8.46. The first-order valence-corrected chi connectivity index (χ1v) is 16.3. The van der Waals surface area contributed by atoms with E-state index < -0.39 is 16.6 Å². The van der Waals surface area contributed by atoms with E-state index >= 15 is 0 Å². The van der Waals surface area contributed by atoms with Crippen molar-refractivity contribution in [3.05, 3.63) is 29.8 Å². The Kier molecular flexibility index (Phi) is 8.31. The molecule has 0 fully saturated rings. The van der Waals surface area contributed by atoms with Crippen molar-refractivity contribution in [2.45, 2.75) is 103 Å². The number of carbonyl (C=O) groups excluding carboxylic acids is 1. The summed E-state index contributed by atoms with van der Waals surface area (Å²) < 4.78 is 12.8. The monoisotopic (exact) mass is 422 g/mol. The molecule has 0 aliphatic carbocycles. The highest BCUT2D eigenvalue weighted by atomic mass is 28.4. The van der Waals surface area contributed by atoms with Crippen molar-refractivity contribution in [3.8, 4) is 5.75 Å². The SMILES string of the molecule is CC(C)(C)[Si](C)(C)Oc1ccc(CC[C@@H](CC=O)O[Si](C)(C)C(C)(C)C)cc1. The standard InChI is InChI=1S/C23H42O3Si2/c1-22(2,3)27(7,8)25-20-14-11-19(12-15-20)13-16-21(17-18-24)26-28(9,10)23(4,5)6/h11-12,14-15,18,21H,13,16-17H2,1-10H3/t21-/m0/s1. The van der Waals surface area contributed by atoms with E-state index in [0.29, 0.717) is 6.42 Å². The van der Waals surface area contributed by atoms with Gasteiger partial charge in [-0.15, -0.1) is 0 Å². The fourth-order valence-electron chi connectivity index (χ4n) is 2.43. The highest BCUT2D eigenvalue weighted by molar-refractivity contribution is 6.75. The largest absolute Gasteiger partial charge is 0.544 e. The van der Waals surface area contributed by atoms with Crippen LogP contribution < -0.4 is 4.43 Å². The zero-order valence-corrected chi connectivity index (χ0v) is 21.8. The molecule has 0 saturated carbocycles. The van der Waals surface area contributed by atoms with Crippen LogP contribution in [0.3, 0.4) is 0 Å². The zero-order valence-electron chi connectivity index (χ0n) is 19.8. The Balaban J connectivity index is 2.73. The van der Waals surface area contributed by atoms with Crippen LogP contribution in [0, 0.1) is 0 Å². The van der Waals surface area contributed by atoms with Crippen LogP contribution in [0.1, 0.15) is 59.9 Å². The lowest BCUT2D eigenvalue weighted by Gasteiger charge is -2.39. The quantitative estimate of drug-likeness (QED) is 0.318. The molecule has 160 valence electrons. The summed E-state index contributed by atoms with van der Waals surface area (Å²) >= 11 is 0. The Morgan fingerprint density at radius 1 is 0.893 bits per heavy atom. The van der Waals surface area contributed by atoms with Crippen molar-refractivity contribution in [2.24, 2.45) is 0 Å². The van der Waals surface area contributed by atoms with Gasteiger partial charge in [0.25, 0.3) is 0 Å². The van der Waals surface area contributed by atoms with Crippen LogP contribution in [-0.2, 0) is 15.6 Å². The van der Waals surface area contributed by atoms with Crippen molar-refractivity contribution in [1.29, 1.82) is 0 Å². The number of rotatable bonds is 9. The predicted molar refractivity (Wildman–Crippen MR) is 125 cm³/mol. The summed E-state index contributed by atoms with van der Waals surface area (Å²) in [6.07, 6.45) is 3.25. The van der Waals surface area contributed by atoms with Crippen LogP contribution in [0.15, 0.2) is 24.3 Å². The fourth-order valence-corrected chi connectivity index (χ4v) is 4.86. The van der Waals surface area contributed by atoms with Crippen LogP contribution in [0.5, 0.6) is 5.75 Å². The van der Waals surface area contributed by atoms with Gasteiger partial charge in [0, 0.05) is 6.42 Å². The average Bonchev–Trinajstić information content (AvgIpc) is 2.51. The first-order chi connectivity index (χ1) is 12.6. The van der Waals surface area contributed by atoms with Crippen LogP contribution >= 0.6 is 0 Å². The van der Waals surface area contributed by atoms with Gasteiger partial charge in [0.15, 0.2) is 8.32 Å². The molecule has 0 N–H and O–H groups in total. The molecule has 0 radical (unpaired) electrons. The van der Waals surface area contributed by atoms with Gasteiger partial charge in [0.2, 0.25) is 8.32 Å². The van der Waals surface area contributed by atoms with Gasteiger partial charge in [-0.05, 0) is 66.8 Å². The van der Waals surface area contributed by atoms with E-state index in [1.165, 1.54) is 5.56 Å². The third kappa shape index (κ3) is 7.16. The number of aryl methyl sites for hydroxylation is 1. The van der Waals surface area contributed by atoms with E-state index in [1.807, 2.05) is 0 Å². The second-order valence-corrected chi connectivity index (χ2v) is 20.4. The van der Waals surface area contributed by atoms with E-state index in [1.54, 1.807) is 0 Å². The lowest BCUT2D eigenvalue weighted by molar-refractivity contribution is -0.109. The van der Waals surface area contributed by atoms with Gasteiger partial charge in [-0.3, -0.25) is 0 Å². The Morgan fingerprint density at radius 2 is 1.39 bits per heavy atom. The van der Waals surface area contributed by atoms with Crippen LogP contribution in [0.2, 0.25) is 36.3 Å². The molecule has 3 nitrogen and oxygen atoms in total. The minimum Gasteiger partial charge on any atom is -0.544 e. The average molecular weight is 423 g/mol. The summed E-state index contributed by atoms with van der Waals surface area (Å²) in [6.45, 7) is 22.5. The maximum Gasteiger partial charge on any atom is 0.250 e. The third-order valence-electron chi connectivity index (χ3n) is 6.48. The molecule has 0 aliphatic rings. The number of carbonyl (C=O) groups is 1. The number of hydrogen-bond donors (Lipinski definition) is 0. The second kappa shape index (κ2) is 9.27. The van der Waals surface area contributed by atoms with Gasteiger partial charge in [-0.1, -0.05) is 53.7 Å². The normalized spacial score (nSPS) is 14.6. The van der Waals surface area contributed by atoms with Gasteiger partial charge >= 0.3 is 0 Å². The third-order valence-corrected chi connectivity index (χ3v) is 15.4. The minimum absolute atomic E-state index is 0.00143. The van der Waals surface area contributed by atoms with Crippen molar-refractivity contribution >= 4 is 22.9 Å². The Hall–Kier alpha value is -0.916. The molecule has 0 spiro atoms. The molecule has 0 heterocycles. The van der Waals surface area contributed by atoms with E-state index in [0.717, 1.165) is 24.9 Å². The summed E-state index contributed by atoms with van der Waals surface area (Å²) in [5.41, 5.74) is 1.26. The molecule has 0 aliphatic heterocycles. The second-order valence-electron chi connectivity index (χ2n) is 10.9. The van der Waals surface area contributed by atoms with Crippen molar-refractivity contribution < 1.29 is 13.6 Å². The van der Waals surface area contributed by atoms with Crippen LogP contribution in [-0.4, -0.2) is 29.0 Å². The number of hydrogen-bond acceptors (Lipinski definition) is 3. The Bertz CT molecular complexity index is 623. The summed E-state index contributed by atoms with van der Waals surface area (Å²) in [5, 5.41) is 0.339. The molecule has 5 heteroatoms. The van der Waals surface area contributed by atoms with E-state index in [4.69, 9.17) is 8.85 Å². The van der Waals surface area contributed by atoms with Gasteiger partial charge in [-0.25, -0.2) is 0 Å². The van der Waals surface area contributed by atoms with Crippen molar-refractivity contribution in [1.82, 2.24) is 0 Å². The highest BCUT2D eigenvalue weighted by Crippen LogP contribution is 2.39. The van der Waals surface area contributed by atoms with E-state index in [9.17, 15) is 4.79 Å². The maximum atomic E-state index is 11.1. The first kappa shape index (κ1) is 25.1. The van der Waals surface area contributed by atoms with Crippen LogP contribution in [0.25, 0.3) is 0 Å². The minimum atomic E-state index is -1.87. The molecular formula is C23H42O3Si2.